The second-order valence-corrected chi connectivity index (χ2v) is 5.29. The van der Waals surface area contributed by atoms with Crippen molar-refractivity contribution in [2.45, 2.75) is 0 Å². The molecule has 0 heterocycles. The van der Waals surface area contributed by atoms with Crippen molar-refractivity contribution < 1.29 is 13.2 Å². The number of rotatable bonds is 2. The molecule has 0 aliphatic carbocycles. The molecular formula is C10H13N2O3S. The van der Waals surface area contributed by atoms with Crippen molar-refractivity contribution in [2.24, 2.45) is 0 Å². The first-order chi connectivity index (χ1) is 7.34. The van der Waals surface area contributed by atoms with Crippen molar-refractivity contribution >= 4 is 21.7 Å². The summed E-state index contributed by atoms with van der Waals surface area (Å²) in [5.74, 6) is 0. The molecule has 5 nitrogen and oxygen atoms in total. The molecule has 1 aromatic carbocycles. The smallest absolute Gasteiger partial charge is 0.330 e. The van der Waals surface area contributed by atoms with Crippen LogP contribution >= 0.6 is 0 Å². The Morgan fingerprint density at radius 3 is 2.12 bits per heavy atom. The van der Waals surface area contributed by atoms with Gasteiger partial charge in [0, 0.05) is 14.1 Å². The van der Waals surface area contributed by atoms with Crippen LogP contribution in [0.2, 0.25) is 0 Å². The van der Waals surface area contributed by atoms with Crippen molar-refractivity contribution in [1.82, 2.24) is 4.90 Å². The lowest BCUT2D eigenvalue weighted by molar-refractivity contribution is 0.227. The third-order valence-corrected chi connectivity index (χ3v) is 2.85. The molecule has 0 aliphatic heterocycles. The number of benzene rings is 1. The van der Waals surface area contributed by atoms with E-state index in [1.54, 1.807) is 12.1 Å². The summed E-state index contributed by atoms with van der Waals surface area (Å²) < 4.78 is 23.8. The van der Waals surface area contributed by atoms with E-state index < -0.39 is 16.1 Å². The lowest BCUT2D eigenvalue weighted by Gasteiger charge is -2.23. The number of urea groups is 1. The van der Waals surface area contributed by atoms with E-state index in [0.717, 1.165) is 10.6 Å². The highest BCUT2D eigenvalue weighted by Crippen LogP contribution is 2.17. The number of carbonyl (C=O) groups excluding carboxylic acids is 1. The summed E-state index contributed by atoms with van der Waals surface area (Å²) in [6.07, 6.45) is 0.991. The molecule has 6 heteroatoms. The van der Waals surface area contributed by atoms with Crippen molar-refractivity contribution in [3.05, 3.63) is 30.3 Å². The van der Waals surface area contributed by atoms with Crippen LogP contribution in [0.3, 0.4) is 0 Å². The summed E-state index contributed by atoms with van der Waals surface area (Å²) in [6, 6.07) is 8.29. The van der Waals surface area contributed by atoms with Gasteiger partial charge in [0.15, 0.2) is 0 Å². The van der Waals surface area contributed by atoms with Crippen LogP contribution in [0.4, 0.5) is 10.5 Å². The standard InChI is InChI=1S/C10H13N2O3S/c1-11(2)10(13)12(16(3,14)15)9-7-5-4-6-8-9/h5-8H,1-3H3. The number of hydrogen-bond donors (Lipinski definition) is 0. The Kier molecular flexibility index (Phi) is 3.54. The predicted molar refractivity (Wildman–Crippen MR) is 61.7 cm³/mol. The molecule has 87 valence electrons. The maximum Gasteiger partial charge on any atom is 0.337 e. The van der Waals surface area contributed by atoms with Crippen LogP contribution in [0.1, 0.15) is 0 Å². The zero-order valence-corrected chi connectivity index (χ0v) is 10.2. The third kappa shape index (κ3) is 2.73. The first kappa shape index (κ1) is 12.5. The molecule has 2 amide bonds. The Bertz CT molecular complexity index is 468. The second kappa shape index (κ2) is 4.52. The summed E-state index contributed by atoms with van der Waals surface area (Å²) in [5, 5.41) is 0. The molecule has 0 saturated heterocycles. The molecule has 0 spiro atoms. The molecule has 1 rings (SSSR count). The molecule has 0 fully saturated rings. The molecule has 0 unspecified atom stereocenters. The highest BCUT2D eigenvalue weighted by molar-refractivity contribution is 7.92. The molecule has 1 radical (unpaired) electrons. The van der Waals surface area contributed by atoms with Gasteiger partial charge in [-0.2, -0.15) is 4.31 Å². The Balaban J connectivity index is 3.24. The first-order valence-corrected chi connectivity index (χ1v) is 6.36. The number of nitrogens with zero attached hydrogens (tertiary/aromatic N) is 2. The van der Waals surface area contributed by atoms with Crippen LogP contribution in [0.15, 0.2) is 24.3 Å². The van der Waals surface area contributed by atoms with Gasteiger partial charge in [0.05, 0.1) is 11.9 Å². The van der Waals surface area contributed by atoms with Crippen LogP contribution < -0.4 is 4.31 Å². The van der Waals surface area contributed by atoms with Gasteiger partial charge in [-0.15, -0.1) is 0 Å². The van der Waals surface area contributed by atoms with Gasteiger partial charge >= 0.3 is 6.03 Å². The van der Waals surface area contributed by atoms with E-state index >= 15 is 0 Å². The molecule has 1 aromatic rings. The SMILES string of the molecule is CN(C)C(=O)N(c1cc[c]cc1)S(C)(=O)=O. The maximum atomic E-state index is 11.8. The minimum atomic E-state index is -3.63. The molecule has 0 atom stereocenters. The fourth-order valence-corrected chi connectivity index (χ4v) is 2.09. The van der Waals surface area contributed by atoms with Crippen LogP contribution in [-0.2, 0) is 10.0 Å². The van der Waals surface area contributed by atoms with Crippen LogP contribution in [0.5, 0.6) is 0 Å². The summed E-state index contributed by atoms with van der Waals surface area (Å²) in [4.78, 5) is 13.0. The first-order valence-electron chi connectivity index (χ1n) is 4.51. The summed E-state index contributed by atoms with van der Waals surface area (Å²) in [5.41, 5.74) is 0.306. The minimum Gasteiger partial charge on any atom is -0.330 e. The van der Waals surface area contributed by atoms with Gasteiger partial charge in [-0.3, -0.25) is 0 Å². The van der Waals surface area contributed by atoms with Gasteiger partial charge in [0.25, 0.3) is 0 Å². The average molecular weight is 241 g/mol. The zero-order valence-electron chi connectivity index (χ0n) is 9.34. The van der Waals surface area contributed by atoms with Crippen molar-refractivity contribution in [3.8, 4) is 0 Å². The molecule has 16 heavy (non-hydrogen) atoms. The fraction of sp³-hybridized carbons (Fsp3) is 0.300. The molecule has 0 saturated carbocycles. The van der Waals surface area contributed by atoms with E-state index in [2.05, 4.69) is 6.07 Å². The fourth-order valence-electron chi connectivity index (χ4n) is 1.14. The monoisotopic (exact) mass is 241 g/mol. The third-order valence-electron chi connectivity index (χ3n) is 1.82. The number of sulfonamides is 1. The van der Waals surface area contributed by atoms with Crippen LogP contribution in [0.25, 0.3) is 0 Å². The van der Waals surface area contributed by atoms with Crippen molar-refractivity contribution in [2.75, 3.05) is 24.7 Å². The van der Waals surface area contributed by atoms with E-state index in [1.165, 1.54) is 31.1 Å². The van der Waals surface area contributed by atoms with Gasteiger partial charge < -0.3 is 4.90 Å². The van der Waals surface area contributed by atoms with Gasteiger partial charge in [0.1, 0.15) is 0 Å². The van der Waals surface area contributed by atoms with E-state index in [9.17, 15) is 13.2 Å². The Morgan fingerprint density at radius 1 is 1.25 bits per heavy atom. The minimum absolute atomic E-state index is 0.306. The number of amides is 2. The van der Waals surface area contributed by atoms with Crippen molar-refractivity contribution in [1.29, 1.82) is 0 Å². The van der Waals surface area contributed by atoms with E-state index in [-0.39, 0.29) is 0 Å². The summed E-state index contributed by atoms with van der Waals surface area (Å²) >= 11 is 0. The maximum absolute atomic E-state index is 11.8. The van der Waals surface area contributed by atoms with Gasteiger partial charge in [-0.1, -0.05) is 12.1 Å². The molecule has 0 aromatic heterocycles. The van der Waals surface area contributed by atoms with Gasteiger partial charge in [-0.05, 0) is 18.2 Å². The quantitative estimate of drug-likeness (QED) is 0.774. The molecule has 0 N–H and O–H groups in total. The van der Waals surface area contributed by atoms with Crippen LogP contribution in [0, 0.1) is 6.07 Å². The average Bonchev–Trinajstić information content (AvgIpc) is 2.17. The largest absolute Gasteiger partial charge is 0.337 e. The lowest BCUT2D eigenvalue weighted by Crippen LogP contribution is -2.42. The normalized spacial score (nSPS) is 10.9. The van der Waals surface area contributed by atoms with Crippen LogP contribution in [-0.4, -0.2) is 39.7 Å². The number of hydrogen-bond acceptors (Lipinski definition) is 3. The molecular weight excluding hydrogens is 228 g/mol. The van der Waals surface area contributed by atoms with Crippen molar-refractivity contribution in [3.63, 3.8) is 0 Å². The Morgan fingerprint density at radius 2 is 1.75 bits per heavy atom. The van der Waals surface area contributed by atoms with Gasteiger partial charge in [0.2, 0.25) is 10.0 Å². The summed E-state index contributed by atoms with van der Waals surface area (Å²) in [6.45, 7) is 0. The molecule has 0 aliphatic rings. The van der Waals surface area contributed by atoms with E-state index in [4.69, 9.17) is 0 Å². The van der Waals surface area contributed by atoms with E-state index in [0.29, 0.717) is 5.69 Å². The Hall–Kier alpha value is -1.56. The highest BCUT2D eigenvalue weighted by atomic mass is 32.2. The second-order valence-electron chi connectivity index (χ2n) is 3.46. The zero-order chi connectivity index (χ0) is 12.3. The highest BCUT2D eigenvalue weighted by Gasteiger charge is 2.26. The molecule has 0 bridgehead atoms. The lowest BCUT2D eigenvalue weighted by atomic mass is 10.3. The predicted octanol–water partition coefficient (Wildman–Crippen LogP) is 0.934. The Labute approximate surface area is 95.3 Å². The number of anilines is 1. The van der Waals surface area contributed by atoms with Gasteiger partial charge in [-0.25, -0.2) is 13.2 Å². The van der Waals surface area contributed by atoms with E-state index in [1.807, 2.05) is 0 Å². The number of carbonyl (C=O) groups is 1. The summed E-state index contributed by atoms with van der Waals surface area (Å²) in [7, 11) is -0.643. The topological polar surface area (TPSA) is 57.7 Å².